The smallest absolute Gasteiger partial charge is 0.229 e. The van der Waals surface area contributed by atoms with E-state index in [1.165, 1.54) is 6.20 Å². The second-order valence-electron chi connectivity index (χ2n) is 8.63. The molecule has 0 aliphatic carbocycles. The molecule has 0 unspecified atom stereocenters. The first kappa shape index (κ1) is 25.0. The summed E-state index contributed by atoms with van der Waals surface area (Å²) in [6.45, 7) is 3.34. The second-order valence-corrected chi connectivity index (χ2v) is 8.63. The van der Waals surface area contributed by atoms with Gasteiger partial charge in [0.05, 0.1) is 17.9 Å². The lowest BCUT2D eigenvalue weighted by Gasteiger charge is -2.39. The van der Waals surface area contributed by atoms with E-state index in [2.05, 4.69) is 10.3 Å². The zero-order valence-electron chi connectivity index (χ0n) is 19.6. The van der Waals surface area contributed by atoms with Crippen molar-refractivity contribution in [1.29, 1.82) is 0 Å². The van der Waals surface area contributed by atoms with Crippen molar-refractivity contribution >= 4 is 28.1 Å². The Labute approximate surface area is 203 Å². The zero-order valence-corrected chi connectivity index (χ0v) is 19.6. The Balaban J connectivity index is 1.77. The number of anilines is 2. The molecule has 2 heterocycles. The highest BCUT2D eigenvalue weighted by Crippen LogP contribution is 2.36. The van der Waals surface area contributed by atoms with Crippen LogP contribution in [0, 0.1) is 6.92 Å². The van der Waals surface area contributed by atoms with Crippen molar-refractivity contribution < 1.29 is 34.7 Å². The minimum atomic E-state index is -1.56. The molecule has 3 aromatic rings. The van der Waals surface area contributed by atoms with Crippen LogP contribution in [-0.4, -0.2) is 68.5 Å². The van der Waals surface area contributed by atoms with Crippen LogP contribution in [0.1, 0.15) is 35.7 Å². The maximum Gasteiger partial charge on any atom is 0.229 e. The summed E-state index contributed by atoms with van der Waals surface area (Å²) in [6, 6.07) is 12.9. The Morgan fingerprint density at radius 2 is 1.86 bits per heavy atom. The van der Waals surface area contributed by atoms with Crippen molar-refractivity contribution in [2.45, 2.75) is 57.4 Å². The lowest BCUT2D eigenvalue weighted by molar-refractivity contribution is -0.277. The Bertz CT molecular complexity index is 1200. The second kappa shape index (κ2) is 10.7. The number of Topliss-reactive ketones (excluding diaryl/α,β-unsaturated/α-hetero) is 1. The monoisotopic (exact) mass is 482 g/mol. The van der Waals surface area contributed by atoms with Gasteiger partial charge >= 0.3 is 0 Å². The van der Waals surface area contributed by atoms with Gasteiger partial charge in [0.2, 0.25) is 6.29 Å². The van der Waals surface area contributed by atoms with Crippen LogP contribution in [0.4, 0.5) is 11.4 Å². The molecule has 0 bridgehead atoms. The quantitative estimate of drug-likeness (QED) is 0.306. The number of aromatic nitrogens is 1. The molecule has 4 rings (SSSR count). The third kappa shape index (κ3) is 5.00. The van der Waals surface area contributed by atoms with Gasteiger partial charge < -0.3 is 35.2 Å². The van der Waals surface area contributed by atoms with Gasteiger partial charge in [0.15, 0.2) is 5.78 Å². The van der Waals surface area contributed by atoms with E-state index in [-0.39, 0.29) is 11.5 Å². The molecule has 5 N–H and O–H groups in total. The maximum absolute atomic E-state index is 12.9. The molecule has 9 nitrogen and oxygen atoms in total. The molecule has 0 spiro atoms. The van der Waals surface area contributed by atoms with E-state index in [9.17, 15) is 25.2 Å². The maximum atomic E-state index is 12.9. The molecule has 1 saturated heterocycles. The van der Waals surface area contributed by atoms with Gasteiger partial charge in [0, 0.05) is 23.7 Å². The first-order valence-electron chi connectivity index (χ1n) is 11.6. The first-order valence-corrected chi connectivity index (χ1v) is 11.6. The van der Waals surface area contributed by atoms with Crippen molar-refractivity contribution in [2.24, 2.45) is 0 Å². The summed E-state index contributed by atoms with van der Waals surface area (Å²) >= 11 is 0. The average molecular weight is 483 g/mol. The van der Waals surface area contributed by atoms with Crippen LogP contribution < -0.4 is 10.1 Å². The number of fused-ring (bicyclic) bond motifs is 1. The molecule has 0 amide bonds. The molecule has 1 aliphatic heterocycles. The number of rotatable bonds is 8. The highest BCUT2D eigenvalue weighted by atomic mass is 16.7. The van der Waals surface area contributed by atoms with Gasteiger partial charge in [-0.15, -0.1) is 0 Å². The number of carbonyl (C=O) groups excluding carboxylic acids is 1. The van der Waals surface area contributed by atoms with Crippen molar-refractivity contribution in [3.05, 3.63) is 59.8 Å². The molecule has 0 saturated carbocycles. The van der Waals surface area contributed by atoms with Crippen LogP contribution in [0.25, 0.3) is 10.9 Å². The number of ether oxygens (including phenoxy) is 2. The lowest BCUT2D eigenvalue weighted by atomic mass is 9.99. The van der Waals surface area contributed by atoms with Gasteiger partial charge in [-0.1, -0.05) is 37.3 Å². The van der Waals surface area contributed by atoms with Crippen molar-refractivity contribution in [3.63, 3.8) is 0 Å². The van der Waals surface area contributed by atoms with Crippen LogP contribution in [0.2, 0.25) is 0 Å². The van der Waals surface area contributed by atoms with E-state index in [4.69, 9.17) is 9.47 Å². The lowest BCUT2D eigenvalue weighted by Crippen LogP contribution is -2.60. The van der Waals surface area contributed by atoms with E-state index >= 15 is 0 Å². The van der Waals surface area contributed by atoms with Gasteiger partial charge in [-0.3, -0.25) is 9.78 Å². The third-order valence-corrected chi connectivity index (χ3v) is 6.13. The number of carbonyl (C=O) groups is 1. The fraction of sp³-hybridized carbons (Fsp3) is 0.385. The highest BCUT2D eigenvalue weighted by molar-refractivity contribution is 6.09. The Hall–Kier alpha value is -3.08. The summed E-state index contributed by atoms with van der Waals surface area (Å²) in [5.41, 5.74) is 3.29. The van der Waals surface area contributed by atoms with E-state index in [0.29, 0.717) is 35.0 Å². The summed E-state index contributed by atoms with van der Waals surface area (Å²) in [7, 11) is 0. The number of para-hydroxylation sites is 2. The van der Waals surface area contributed by atoms with E-state index < -0.39 is 37.3 Å². The van der Waals surface area contributed by atoms with Crippen LogP contribution in [0.3, 0.4) is 0 Å². The van der Waals surface area contributed by atoms with E-state index in [1.807, 2.05) is 44.2 Å². The SMILES string of the molecule is CCCC(=O)c1cnc2c(O[C@@H]3O[C@H](CO)[C@@H](O)[C@H](O)[C@H]3O)cccc2c1Nc1ccccc1C. The van der Waals surface area contributed by atoms with Crippen molar-refractivity contribution in [1.82, 2.24) is 4.98 Å². The standard InChI is InChI=1S/C26H30N2O7/c1-3-7-18(30)16-12-27-22-15(21(16)28-17-10-5-4-8-14(17)2)9-6-11-19(22)34-26-25(33)24(32)23(31)20(13-29)35-26/h4-6,8-12,20,23-26,29,31-33H,3,7,13H2,1-2H3,(H,27,28)/t20-,23-,24+,25-,26-/m1/s1. The highest BCUT2D eigenvalue weighted by Gasteiger charge is 2.44. The minimum absolute atomic E-state index is 0.0433. The number of ketones is 1. The topological polar surface area (TPSA) is 141 Å². The molecular formula is C26H30N2O7. The molecule has 1 aromatic heterocycles. The largest absolute Gasteiger partial charge is 0.460 e. The fourth-order valence-electron chi connectivity index (χ4n) is 4.14. The van der Waals surface area contributed by atoms with Crippen LogP contribution >= 0.6 is 0 Å². The molecule has 5 atom stereocenters. The molecule has 1 fully saturated rings. The predicted molar refractivity (Wildman–Crippen MR) is 130 cm³/mol. The van der Waals surface area contributed by atoms with E-state index in [1.54, 1.807) is 12.1 Å². The van der Waals surface area contributed by atoms with Crippen LogP contribution in [0.5, 0.6) is 5.75 Å². The van der Waals surface area contributed by atoms with Gasteiger partial charge in [-0.05, 0) is 31.0 Å². The molecule has 2 aromatic carbocycles. The molecule has 186 valence electrons. The molecular weight excluding hydrogens is 452 g/mol. The zero-order chi connectivity index (χ0) is 25.1. The number of nitrogens with one attached hydrogen (secondary N) is 1. The summed E-state index contributed by atoms with van der Waals surface area (Å²) in [5.74, 6) is 0.201. The number of aliphatic hydroxyl groups is 4. The third-order valence-electron chi connectivity index (χ3n) is 6.13. The number of pyridine rings is 1. The summed E-state index contributed by atoms with van der Waals surface area (Å²) in [6.07, 6.45) is -4.50. The Morgan fingerprint density at radius 3 is 2.57 bits per heavy atom. The normalized spacial score (nSPS) is 24.3. The van der Waals surface area contributed by atoms with Gasteiger partial charge in [0.25, 0.3) is 0 Å². The van der Waals surface area contributed by atoms with Crippen LogP contribution in [-0.2, 0) is 4.74 Å². The number of aliphatic hydroxyl groups excluding tert-OH is 4. The number of hydrogen-bond donors (Lipinski definition) is 5. The summed E-state index contributed by atoms with van der Waals surface area (Å²) in [4.78, 5) is 17.4. The Kier molecular flexibility index (Phi) is 7.63. The Morgan fingerprint density at radius 1 is 1.09 bits per heavy atom. The number of nitrogens with zero attached hydrogens (tertiary/aromatic N) is 1. The average Bonchev–Trinajstić information content (AvgIpc) is 2.86. The number of hydrogen-bond acceptors (Lipinski definition) is 9. The van der Waals surface area contributed by atoms with Crippen LogP contribution in [0.15, 0.2) is 48.7 Å². The minimum Gasteiger partial charge on any atom is -0.460 e. The van der Waals surface area contributed by atoms with Gasteiger partial charge in [-0.25, -0.2) is 0 Å². The number of benzene rings is 2. The summed E-state index contributed by atoms with van der Waals surface area (Å²) in [5, 5.41) is 44.0. The van der Waals surface area contributed by atoms with Crippen molar-refractivity contribution in [2.75, 3.05) is 11.9 Å². The first-order chi connectivity index (χ1) is 16.8. The molecule has 9 heteroatoms. The molecule has 35 heavy (non-hydrogen) atoms. The van der Waals surface area contributed by atoms with Gasteiger partial charge in [0.1, 0.15) is 35.7 Å². The molecule has 0 radical (unpaired) electrons. The summed E-state index contributed by atoms with van der Waals surface area (Å²) < 4.78 is 11.4. The molecule has 1 aliphatic rings. The predicted octanol–water partition coefficient (Wildman–Crippen LogP) is 2.45. The van der Waals surface area contributed by atoms with Gasteiger partial charge in [-0.2, -0.15) is 0 Å². The van der Waals surface area contributed by atoms with Crippen molar-refractivity contribution in [3.8, 4) is 5.75 Å². The fourth-order valence-corrected chi connectivity index (χ4v) is 4.14. The van der Waals surface area contributed by atoms with E-state index in [0.717, 1.165) is 11.3 Å². The number of aryl methyl sites for hydroxylation is 1.